The number of aliphatic carboxylic acids is 1. The number of unbranched alkanes of at least 4 members (excludes halogenated alkanes) is 1. The number of methoxy groups -OCH3 is 2. The molecule has 100 valence electrons. The van der Waals surface area contributed by atoms with E-state index in [1.165, 1.54) is 0 Å². The Morgan fingerprint density at radius 3 is 2.28 bits per heavy atom. The Balaban J connectivity index is 2.43. The maximum atomic E-state index is 10.3. The predicted molar refractivity (Wildman–Crippen MR) is 69.5 cm³/mol. The van der Waals surface area contributed by atoms with E-state index in [4.69, 9.17) is 14.6 Å². The molecule has 0 unspecified atom stereocenters. The van der Waals surface area contributed by atoms with Gasteiger partial charge < -0.3 is 19.9 Å². The summed E-state index contributed by atoms with van der Waals surface area (Å²) in [6, 6.07) is 5.55. The third-order valence-corrected chi connectivity index (χ3v) is 2.50. The van der Waals surface area contributed by atoms with Gasteiger partial charge in [0.25, 0.3) is 0 Å². The van der Waals surface area contributed by atoms with Crippen LogP contribution in [0.5, 0.6) is 11.5 Å². The van der Waals surface area contributed by atoms with Gasteiger partial charge in [0.05, 0.1) is 14.2 Å². The van der Waals surface area contributed by atoms with Gasteiger partial charge in [0.1, 0.15) is 11.5 Å². The van der Waals surface area contributed by atoms with Gasteiger partial charge >= 0.3 is 5.97 Å². The summed E-state index contributed by atoms with van der Waals surface area (Å²) in [7, 11) is 3.21. The average molecular weight is 253 g/mol. The molecule has 0 atom stereocenters. The fraction of sp³-hybridized carbons (Fsp3) is 0.462. The van der Waals surface area contributed by atoms with Crippen molar-refractivity contribution in [2.45, 2.75) is 19.3 Å². The molecule has 0 fully saturated rings. The molecule has 18 heavy (non-hydrogen) atoms. The van der Waals surface area contributed by atoms with Crippen molar-refractivity contribution < 1.29 is 19.4 Å². The summed E-state index contributed by atoms with van der Waals surface area (Å²) < 4.78 is 10.3. The zero-order valence-corrected chi connectivity index (χ0v) is 10.7. The predicted octanol–water partition coefficient (Wildman–Crippen LogP) is 2.37. The van der Waals surface area contributed by atoms with Crippen LogP contribution in [0.15, 0.2) is 18.2 Å². The number of anilines is 1. The number of carboxylic acids is 1. The molecule has 0 saturated heterocycles. The molecule has 0 bridgehead atoms. The monoisotopic (exact) mass is 253 g/mol. The standard InChI is InChI=1S/C13H19NO4/c1-17-11-7-10(8-12(9-11)18-2)14-6-4-3-5-13(15)16/h7-9,14H,3-6H2,1-2H3,(H,15,16). The van der Waals surface area contributed by atoms with Crippen molar-refractivity contribution in [2.75, 3.05) is 26.1 Å². The number of carboxylic acid groups (broad SMARTS) is 1. The lowest BCUT2D eigenvalue weighted by atomic mass is 10.2. The number of carbonyl (C=O) groups is 1. The third kappa shape index (κ3) is 4.95. The maximum Gasteiger partial charge on any atom is 0.303 e. The van der Waals surface area contributed by atoms with E-state index in [0.29, 0.717) is 6.42 Å². The van der Waals surface area contributed by atoms with Gasteiger partial charge in [-0.3, -0.25) is 4.79 Å². The van der Waals surface area contributed by atoms with Crippen molar-refractivity contribution in [3.63, 3.8) is 0 Å². The van der Waals surface area contributed by atoms with Crippen LogP contribution in [0, 0.1) is 0 Å². The second-order valence-electron chi connectivity index (χ2n) is 3.88. The third-order valence-electron chi connectivity index (χ3n) is 2.50. The van der Waals surface area contributed by atoms with Crippen LogP contribution in [0.1, 0.15) is 19.3 Å². The Hall–Kier alpha value is -1.91. The van der Waals surface area contributed by atoms with Crippen LogP contribution in [-0.2, 0) is 4.79 Å². The summed E-state index contributed by atoms with van der Waals surface area (Å²) >= 11 is 0. The molecule has 2 N–H and O–H groups in total. The molecule has 1 rings (SSSR count). The van der Waals surface area contributed by atoms with E-state index >= 15 is 0 Å². The van der Waals surface area contributed by atoms with E-state index in [1.807, 2.05) is 12.1 Å². The molecule has 1 aromatic rings. The number of benzene rings is 1. The molecule has 0 radical (unpaired) electrons. The van der Waals surface area contributed by atoms with Gasteiger partial charge in [0.2, 0.25) is 0 Å². The molecule has 5 heteroatoms. The summed E-state index contributed by atoms with van der Waals surface area (Å²) in [5.41, 5.74) is 0.904. The van der Waals surface area contributed by atoms with Crippen LogP contribution in [0.4, 0.5) is 5.69 Å². The quantitative estimate of drug-likeness (QED) is 0.696. The zero-order chi connectivity index (χ0) is 13.4. The Bertz CT molecular complexity index is 370. The fourth-order valence-corrected chi connectivity index (χ4v) is 1.54. The van der Waals surface area contributed by atoms with Gasteiger partial charge in [-0.25, -0.2) is 0 Å². The summed E-state index contributed by atoms with van der Waals surface area (Å²) in [6.45, 7) is 0.726. The highest BCUT2D eigenvalue weighted by Gasteiger charge is 2.01. The Morgan fingerprint density at radius 2 is 1.78 bits per heavy atom. The largest absolute Gasteiger partial charge is 0.497 e. The lowest BCUT2D eigenvalue weighted by Crippen LogP contribution is -2.03. The van der Waals surface area contributed by atoms with Gasteiger partial charge in [-0.15, -0.1) is 0 Å². The first-order chi connectivity index (χ1) is 8.65. The highest BCUT2D eigenvalue weighted by Crippen LogP contribution is 2.25. The minimum atomic E-state index is -0.752. The molecule has 0 aliphatic carbocycles. The molecule has 1 aromatic carbocycles. The minimum absolute atomic E-state index is 0.211. The van der Waals surface area contributed by atoms with E-state index < -0.39 is 5.97 Å². The van der Waals surface area contributed by atoms with Gasteiger partial charge in [-0.05, 0) is 12.8 Å². The van der Waals surface area contributed by atoms with E-state index in [-0.39, 0.29) is 6.42 Å². The van der Waals surface area contributed by atoms with Crippen molar-refractivity contribution in [2.24, 2.45) is 0 Å². The highest BCUT2D eigenvalue weighted by molar-refractivity contribution is 5.66. The number of hydrogen-bond acceptors (Lipinski definition) is 4. The summed E-state index contributed by atoms with van der Waals surface area (Å²) in [6.07, 6.45) is 1.69. The van der Waals surface area contributed by atoms with E-state index in [2.05, 4.69) is 5.32 Å². The van der Waals surface area contributed by atoms with Crippen LogP contribution in [0.2, 0.25) is 0 Å². The lowest BCUT2D eigenvalue weighted by Gasteiger charge is -2.10. The Kier molecular flexibility index (Phi) is 5.84. The lowest BCUT2D eigenvalue weighted by molar-refractivity contribution is -0.137. The number of hydrogen-bond donors (Lipinski definition) is 2. The molecule has 0 aliphatic heterocycles. The summed E-state index contributed by atoms with van der Waals surface area (Å²) in [4.78, 5) is 10.3. The SMILES string of the molecule is COc1cc(NCCCCC(=O)O)cc(OC)c1. The second-order valence-corrected chi connectivity index (χ2v) is 3.88. The maximum absolute atomic E-state index is 10.3. The van der Waals surface area contributed by atoms with Crippen molar-refractivity contribution in [1.29, 1.82) is 0 Å². The van der Waals surface area contributed by atoms with E-state index in [0.717, 1.165) is 30.2 Å². The summed E-state index contributed by atoms with van der Waals surface area (Å²) in [5, 5.41) is 11.7. The molecule has 0 saturated carbocycles. The zero-order valence-electron chi connectivity index (χ0n) is 10.7. The van der Waals surface area contributed by atoms with Crippen LogP contribution in [0.25, 0.3) is 0 Å². The molecule has 0 aliphatic rings. The smallest absolute Gasteiger partial charge is 0.303 e. The topological polar surface area (TPSA) is 67.8 Å². The van der Waals surface area contributed by atoms with Crippen LogP contribution in [0.3, 0.4) is 0 Å². The molecule has 0 spiro atoms. The normalized spacial score (nSPS) is 9.89. The minimum Gasteiger partial charge on any atom is -0.497 e. The van der Waals surface area contributed by atoms with Gasteiger partial charge in [-0.2, -0.15) is 0 Å². The number of nitrogens with one attached hydrogen (secondary N) is 1. The van der Waals surface area contributed by atoms with Crippen LogP contribution in [-0.4, -0.2) is 31.8 Å². The molecule has 0 aromatic heterocycles. The Labute approximate surface area is 107 Å². The molecule has 5 nitrogen and oxygen atoms in total. The summed E-state index contributed by atoms with van der Waals surface area (Å²) in [5.74, 6) is 0.697. The van der Waals surface area contributed by atoms with Gasteiger partial charge in [-0.1, -0.05) is 0 Å². The van der Waals surface area contributed by atoms with Crippen LogP contribution < -0.4 is 14.8 Å². The molecular weight excluding hydrogens is 234 g/mol. The second kappa shape index (κ2) is 7.42. The van der Waals surface area contributed by atoms with Crippen molar-refractivity contribution in [1.82, 2.24) is 0 Å². The van der Waals surface area contributed by atoms with Gasteiger partial charge in [0, 0.05) is 36.9 Å². The molecule has 0 amide bonds. The van der Waals surface area contributed by atoms with Crippen molar-refractivity contribution >= 4 is 11.7 Å². The molecular formula is C13H19NO4. The Morgan fingerprint density at radius 1 is 1.17 bits per heavy atom. The van der Waals surface area contributed by atoms with Crippen LogP contribution >= 0.6 is 0 Å². The molecule has 0 heterocycles. The van der Waals surface area contributed by atoms with Crippen molar-refractivity contribution in [3.05, 3.63) is 18.2 Å². The fourth-order valence-electron chi connectivity index (χ4n) is 1.54. The van der Waals surface area contributed by atoms with Crippen molar-refractivity contribution in [3.8, 4) is 11.5 Å². The number of ether oxygens (including phenoxy) is 2. The van der Waals surface area contributed by atoms with E-state index in [1.54, 1.807) is 20.3 Å². The highest BCUT2D eigenvalue weighted by atomic mass is 16.5. The average Bonchev–Trinajstić information content (AvgIpc) is 2.37. The first-order valence-corrected chi connectivity index (χ1v) is 5.84. The van der Waals surface area contributed by atoms with E-state index in [9.17, 15) is 4.79 Å². The first kappa shape index (κ1) is 14.2. The van der Waals surface area contributed by atoms with Gasteiger partial charge in [0.15, 0.2) is 0 Å². The number of rotatable bonds is 8. The first-order valence-electron chi connectivity index (χ1n) is 5.84.